The minimum absolute atomic E-state index is 0.252. The molecule has 0 spiro atoms. The zero-order valence-corrected chi connectivity index (χ0v) is 17.0. The lowest BCUT2D eigenvalue weighted by Gasteiger charge is -2.24. The molecule has 2 aromatic rings. The van der Waals surface area contributed by atoms with Crippen LogP contribution >= 0.6 is 0 Å². The Morgan fingerprint density at radius 2 is 1.93 bits per heavy atom. The van der Waals surface area contributed by atoms with Crippen molar-refractivity contribution >= 4 is 6.09 Å². The van der Waals surface area contributed by atoms with E-state index >= 15 is 0 Å². The molecule has 28 heavy (non-hydrogen) atoms. The topological polar surface area (TPSA) is 43.3 Å². The van der Waals surface area contributed by atoms with Crippen molar-refractivity contribution in [1.82, 2.24) is 9.88 Å². The molecule has 1 N–H and O–H groups in total. The number of amides is 1. The maximum Gasteiger partial charge on any atom is 0.412 e. The van der Waals surface area contributed by atoms with Gasteiger partial charge in [-0.1, -0.05) is 32.6 Å². The van der Waals surface area contributed by atoms with Crippen molar-refractivity contribution in [2.45, 2.75) is 65.3 Å². The highest BCUT2D eigenvalue weighted by molar-refractivity contribution is 5.72. The number of rotatable bonds is 7. The highest BCUT2D eigenvalue weighted by Gasteiger charge is 2.21. The first-order chi connectivity index (χ1) is 13.6. The number of hydrogen-bond acceptors (Lipinski definition) is 2. The van der Waals surface area contributed by atoms with E-state index in [1.807, 2.05) is 13.0 Å². The van der Waals surface area contributed by atoms with Gasteiger partial charge in [0.15, 0.2) is 5.75 Å². The minimum atomic E-state index is -0.419. The van der Waals surface area contributed by atoms with Crippen LogP contribution in [0.15, 0.2) is 30.3 Å². The molecule has 5 heteroatoms. The third kappa shape index (κ3) is 5.15. The van der Waals surface area contributed by atoms with Gasteiger partial charge in [0.25, 0.3) is 0 Å². The lowest BCUT2D eigenvalue weighted by atomic mass is 9.89. The molecule has 1 aliphatic rings. The zero-order valence-electron chi connectivity index (χ0n) is 17.0. The quantitative estimate of drug-likeness (QED) is 0.587. The Hall–Kier alpha value is -2.30. The summed E-state index contributed by atoms with van der Waals surface area (Å²) in [5.41, 5.74) is 2.84. The molecule has 0 bridgehead atoms. The van der Waals surface area contributed by atoms with Gasteiger partial charge in [0, 0.05) is 19.2 Å². The van der Waals surface area contributed by atoms with Crippen molar-refractivity contribution < 1.29 is 13.9 Å². The van der Waals surface area contributed by atoms with E-state index in [2.05, 4.69) is 16.8 Å². The summed E-state index contributed by atoms with van der Waals surface area (Å²) in [6.45, 7) is 5.59. The van der Waals surface area contributed by atoms with E-state index in [1.54, 1.807) is 12.1 Å². The fourth-order valence-corrected chi connectivity index (χ4v) is 3.95. The Kier molecular flexibility index (Phi) is 7.12. The number of nitrogens with zero attached hydrogens (tertiary/aromatic N) is 1. The molecule has 1 aromatic heterocycles. The number of hydrogen-bond donors (Lipinski definition) is 1. The fourth-order valence-electron chi connectivity index (χ4n) is 3.95. The van der Waals surface area contributed by atoms with Crippen LogP contribution in [0, 0.1) is 18.7 Å². The molecule has 1 aromatic carbocycles. The van der Waals surface area contributed by atoms with Gasteiger partial charge in [0.1, 0.15) is 5.82 Å². The average Bonchev–Trinajstić information content (AvgIpc) is 2.99. The van der Waals surface area contributed by atoms with Crippen LogP contribution in [0.4, 0.5) is 9.18 Å². The standard InChI is InChI=1S/C23H31FN2O2/c1-3-4-14-25-23(27)28-22-15-21(19-10-12-20(24)13-11-19)26(17(22)2)16-18-8-6-5-7-9-18/h10-13,15,18H,3-9,14,16H2,1-2H3,(H,25,27). The second-order valence-corrected chi connectivity index (χ2v) is 7.77. The molecule has 1 amide bonds. The SMILES string of the molecule is CCCCNC(=O)Oc1cc(-c2ccc(F)cc2)n(CC2CCCCC2)c1C. The molecule has 0 radical (unpaired) electrons. The molecular formula is C23H31FN2O2. The number of ether oxygens (including phenoxy) is 1. The highest BCUT2D eigenvalue weighted by atomic mass is 19.1. The average molecular weight is 387 g/mol. The first kappa shape index (κ1) is 20.4. The summed E-state index contributed by atoms with van der Waals surface area (Å²) in [7, 11) is 0. The van der Waals surface area contributed by atoms with E-state index in [4.69, 9.17) is 4.74 Å². The third-order valence-corrected chi connectivity index (χ3v) is 5.63. The number of benzene rings is 1. The number of aromatic nitrogens is 1. The van der Waals surface area contributed by atoms with E-state index in [0.717, 1.165) is 36.3 Å². The van der Waals surface area contributed by atoms with Crippen molar-refractivity contribution in [3.63, 3.8) is 0 Å². The van der Waals surface area contributed by atoms with Gasteiger partial charge in [-0.3, -0.25) is 0 Å². The van der Waals surface area contributed by atoms with Crippen molar-refractivity contribution in [3.05, 3.63) is 41.8 Å². The largest absolute Gasteiger partial charge is 0.412 e. The molecule has 1 fully saturated rings. The molecule has 0 atom stereocenters. The minimum Gasteiger partial charge on any atom is -0.408 e. The van der Waals surface area contributed by atoms with Gasteiger partial charge < -0.3 is 14.6 Å². The van der Waals surface area contributed by atoms with Crippen LogP contribution in [-0.4, -0.2) is 17.2 Å². The van der Waals surface area contributed by atoms with Crippen molar-refractivity contribution in [2.24, 2.45) is 5.92 Å². The number of carbonyl (C=O) groups is 1. The van der Waals surface area contributed by atoms with Crippen LogP contribution in [0.3, 0.4) is 0 Å². The van der Waals surface area contributed by atoms with Crippen LogP contribution in [0.2, 0.25) is 0 Å². The molecule has 1 aliphatic carbocycles. The van der Waals surface area contributed by atoms with Gasteiger partial charge in [-0.05, 0) is 61.9 Å². The summed E-state index contributed by atoms with van der Waals surface area (Å²) in [5, 5.41) is 2.80. The smallest absolute Gasteiger partial charge is 0.408 e. The summed E-state index contributed by atoms with van der Waals surface area (Å²) < 4.78 is 21.2. The van der Waals surface area contributed by atoms with Gasteiger partial charge in [0.2, 0.25) is 0 Å². The van der Waals surface area contributed by atoms with E-state index in [9.17, 15) is 9.18 Å². The van der Waals surface area contributed by atoms with E-state index in [1.165, 1.54) is 44.2 Å². The Labute approximate surface area is 167 Å². The molecule has 0 unspecified atom stereocenters. The zero-order chi connectivity index (χ0) is 19.9. The Bertz CT molecular complexity index is 777. The second-order valence-electron chi connectivity index (χ2n) is 7.77. The summed E-state index contributed by atoms with van der Waals surface area (Å²) in [6.07, 6.45) is 7.86. The molecule has 3 rings (SSSR count). The lowest BCUT2D eigenvalue weighted by molar-refractivity contribution is 0.200. The van der Waals surface area contributed by atoms with Crippen molar-refractivity contribution in [1.29, 1.82) is 0 Å². The summed E-state index contributed by atoms with van der Waals surface area (Å²) >= 11 is 0. The van der Waals surface area contributed by atoms with Crippen LogP contribution < -0.4 is 10.1 Å². The molecule has 152 valence electrons. The third-order valence-electron chi connectivity index (χ3n) is 5.63. The van der Waals surface area contributed by atoms with Crippen molar-refractivity contribution in [2.75, 3.05) is 6.54 Å². The fraction of sp³-hybridized carbons (Fsp3) is 0.522. The second kappa shape index (κ2) is 9.76. The number of nitrogens with one attached hydrogen (secondary N) is 1. The normalized spacial score (nSPS) is 14.8. The number of halogens is 1. The van der Waals surface area contributed by atoms with Crippen LogP contribution in [0.25, 0.3) is 11.3 Å². The molecule has 4 nitrogen and oxygen atoms in total. The van der Waals surface area contributed by atoms with Crippen LogP contribution in [0.1, 0.15) is 57.6 Å². The maximum atomic E-state index is 13.4. The van der Waals surface area contributed by atoms with Gasteiger partial charge in [0.05, 0.1) is 11.4 Å². The summed E-state index contributed by atoms with van der Waals surface area (Å²) in [5.74, 6) is 0.951. The summed E-state index contributed by atoms with van der Waals surface area (Å²) in [6, 6.07) is 8.42. The first-order valence-electron chi connectivity index (χ1n) is 10.5. The monoisotopic (exact) mass is 386 g/mol. The van der Waals surface area contributed by atoms with Crippen LogP contribution in [0.5, 0.6) is 5.75 Å². The highest BCUT2D eigenvalue weighted by Crippen LogP contribution is 2.34. The van der Waals surface area contributed by atoms with E-state index in [-0.39, 0.29) is 5.82 Å². The van der Waals surface area contributed by atoms with Gasteiger partial charge in [-0.25, -0.2) is 9.18 Å². The molecule has 1 saturated carbocycles. The maximum absolute atomic E-state index is 13.4. The summed E-state index contributed by atoms with van der Waals surface area (Å²) in [4.78, 5) is 12.1. The van der Waals surface area contributed by atoms with Crippen molar-refractivity contribution in [3.8, 4) is 17.0 Å². The molecule has 0 saturated heterocycles. The van der Waals surface area contributed by atoms with Gasteiger partial charge in [-0.15, -0.1) is 0 Å². The number of carbonyl (C=O) groups excluding carboxylic acids is 1. The van der Waals surface area contributed by atoms with E-state index in [0.29, 0.717) is 18.2 Å². The molecular weight excluding hydrogens is 355 g/mol. The van der Waals surface area contributed by atoms with Gasteiger partial charge in [-0.2, -0.15) is 0 Å². The van der Waals surface area contributed by atoms with Crippen LogP contribution in [-0.2, 0) is 6.54 Å². The first-order valence-corrected chi connectivity index (χ1v) is 10.5. The predicted molar refractivity (Wildman–Crippen MR) is 110 cm³/mol. The Morgan fingerprint density at radius 1 is 1.21 bits per heavy atom. The number of unbranched alkanes of at least 4 members (excludes halogenated alkanes) is 1. The molecule has 0 aliphatic heterocycles. The lowest BCUT2D eigenvalue weighted by Crippen LogP contribution is -2.27. The Morgan fingerprint density at radius 3 is 2.61 bits per heavy atom. The van der Waals surface area contributed by atoms with E-state index < -0.39 is 6.09 Å². The van der Waals surface area contributed by atoms with Gasteiger partial charge >= 0.3 is 6.09 Å². The molecule has 1 heterocycles. The Balaban J connectivity index is 1.85. The predicted octanol–water partition coefficient (Wildman–Crippen LogP) is 6.07.